The van der Waals surface area contributed by atoms with Gasteiger partial charge in [-0.2, -0.15) is 0 Å². The first kappa shape index (κ1) is 13.8. The van der Waals surface area contributed by atoms with Gasteiger partial charge in [-0.1, -0.05) is 13.8 Å². The van der Waals surface area contributed by atoms with E-state index in [1.54, 1.807) is 0 Å². The number of hydrogen-bond acceptors (Lipinski definition) is 6. The summed E-state index contributed by atoms with van der Waals surface area (Å²) in [7, 11) is 0. The minimum absolute atomic E-state index is 0.175. The van der Waals surface area contributed by atoms with Crippen LogP contribution in [-0.4, -0.2) is 24.4 Å². The molecular formula is C8H24N6. The summed E-state index contributed by atoms with van der Waals surface area (Å²) in [5.74, 6) is -0.349. The second kappa shape index (κ2) is 4.52. The summed E-state index contributed by atoms with van der Waals surface area (Å²) in [6, 6.07) is 0. The summed E-state index contributed by atoms with van der Waals surface area (Å²) in [4.78, 5) is 0. The molecule has 6 nitrogen and oxygen atoms in total. The van der Waals surface area contributed by atoms with Gasteiger partial charge in [-0.05, 0) is 13.1 Å². The molecule has 2 unspecified atom stereocenters. The van der Waals surface area contributed by atoms with Gasteiger partial charge in [-0.25, -0.2) is 0 Å². The van der Waals surface area contributed by atoms with Gasteiger partial charge < -0.3 is 34.4 Å². The standard InChI is InChI=1S/C8H24N6/c1-5(3-9)7(11,12)8(13,14)6(2)4-10/h5-6H,3-4,9-14H2,1-2H3. The van der Waals surface area contributed by atoms with Crippen molar-refractivity contribution in [1.82, 2.24) is 0 Å². The van der Waals surface area contributed by atoms with Gasteiger partial charge in [-0.3, -0.25) is 0 Å². The van der Waals surface area contributed by atoms with Crippen molar-refractivity contribution in [2.45, 2.75) is 25.2 Å². The Hall–Kier alpha value is -0.240. The minimum atomic E-state index is -1.22. The zero-order chi connectivity index (χ0) is 11.6. The molecule has 0 fully saturated rings. The predicted molar refractivity (Wildman–Crippen MR) is 58.6 cm³/mol. The molecule has 0 rings (SSSR count). The van der Waals surface area contributed by atoms with Gasteiger partial charge in [-0.15, -0.1) is 0 Å². The average molecular weight is 204 g/mol. The Morgan fingerprint density at radius 3 is 1.14 bits per heavy atom. The molecule has 86 valence electrons. The molecule has 14 heavy (non-hydrogen) atoms. The first-order valence-corrected chi connectivity index (χ1v) is 4.77. The van der Waals surface area contributed by atoms with Crippen LogP contribution < -0.4 is 34.4 Å². The van der Waals surface area contributed by atoms with Crippen LogP contribution in [0.1, 0.15) is 13.8 Å². The van der Waals surface area contributed by atoms with Crippen molar-refractivity contribution < 1.29 is 0 Å². The predicted octanol–water partition coefficient (Wildman–Crippen LogP) is -2.60. The molecule has 0 heterocycles. The van der Waals surface area contributed by atoms with Gasteiger partial charge in [0.25, 0.3) is 0 Å². The zero-order valence-electron chi connectivity index (χ0n) is 9.03. The topological polar surface area (TPSA) is 156 Å². The van der Waals surface area contributed by atoms with E-state index in [0.717, 1.165) is 0 Å². The summed E-state index contributed by atoms with van der Waals surface area (Å²) in [6.45, 7) is 4.30. The maximum Gasteiger partial charge on any atom is 0.0997 e. The summed E-state index contributed by atoms with van der Waals surface area (Å²) >= 11 is 0. The molecule has 6 heteroatoms. The molecule has 12 N–H and O–H groups in total. The first-order valence-electron chi connectivity index (χ1n) is 4.77. The molecule has 0 aliphatic rings. The smallest absolute Gasteiger partial charge is 0.0997 e. The van der Waals surface area contributed by atoms with Crippen molar-refractivity contribution in [2.24, 2.45) is 46.2 Å². The highest BCUT2D eigenvalue weighted by Gasteiger charge is 2.46. The molecule has 0 aromatic carbocycles. The molecule has 0 spiro atoms. The maximum absolute atomic E-state index is 5.92. The van der Waals surface area contributed by atoms with Crippen molar-refractivity contribution >= 4 is 0 Å². The van der Waals surface area contributed by atoms with E-state index in [1.807, 2.05) is 13.8 Å². The van der Waals surface area contributed by atoms with Crippen LogP contribution in [0.4, 0.5) is 0 Å². The Morgan fingerprint density at radius 1 is 0.786 bits per heavy atom. The Labute approximate surface area is 85.3 Å². The van der Waals surface area contributed by atoms with Crippen molar-refractivity contribution in [2.75, 3.05) is 13.1 Å². The van der Waals surface area contributed by atoms with Crippen molar-refractivity contribution in [3.05, 3.63) is 0 Å². The monoisotopic (exact) mass is 204 g/mol. The van der Waals surface area contributed by atoms with Crippen LogP contribution in [0.3, 0.4) is 0 Å². The quantitative estimate of drug-likeness (QED) is 0.270. The fourth-order valence-electron chi connectivity index (χ4n) is 1.24. The third-order valence-corrected chi connectivity index (χ3v) is 3.09. The zero-order valence-corrected chi connectivity index (χ0v) is 9.03. The van der Waals surface area contributed by atoms with Gasteiger partial charge in [0.15, 0.2) is 0 Å². The Bertz CT molecular complexity index is 159. The van der Waals surface area contributed by atoms with Crippen LogP contribution >= 0.6 is 0 Å². The van der Waals surface area contributed by atoms with Crippen LogP contribution in [0.25, 0.3) is 0 Å². The first-order chi connectivity index (χ1) is 6.21. The molecular weight excluding hydrogens is 180 g/mol. The number of rotatable bonds is 5. The molecule has 0 amide bonds. The summed E-state index contributed by atoms with van der Waals surface area (Å²) < 4.78 is 0. The molecule has 0 saturated carbocycles. The van der Waals surface area contributed by atoms with E-state index in [4.69, 9.17) is 34.4 Å². The largest absolute Gasteiger partial charge is 0.330 e. The van der Waals surface area contributed by atoms with E-state index in [-0.39, 0.29) is 11.8 Å². The Morgan fingerprint density at radius 2 is 1.00 bits per heavy atom. The average Bonchev–Trinajstić information content (AvgIpc) is 2.14. The third-order valence-electron chi connectivity index (χ3n) is 3.09. The molecule has 0 aliphatic heterocycles. The van der Waals surface area contributed by atoms with E-state index in [2.05, 4.69) is 0 Å². The molecule has 0 aliphatic carbocycles. The lowest BCUT2D eigenvalue weighted by Crippen LogP contribution is -2.82. The van der Waals surface area contributed by atoms with Crippen molar-refractivity contribution in [3.8, 4) is 0 Å². The fourth-order valence-corrected chi connectivity index (χ4v) is 1.24. The second-order valence-electron chi connectivity index (χ2n) is 4.14. The van der Waals surface area contributed by atoms with E-state index in [9.17, 15) is 0 Å². The Balaban J connectivity index is 4.85. The van der Waals surface area contributed by atoms with E-state index >= 15 is 0 Å². The summed E-state index contributed by atoms with van der Waals surface area (Å²) in [5, 5.41) is 0. The van der Waals surface area contributed by atoms with Crippen LogP contribution in [0, 0.1) is 11.8 Å². The molecule has 0 saturated heterocycles. The van der Waals surface area contributed by atoms with Crippen LogP contribution in [0.2, 0.25) is 0 Å². The lowest BCUT2D eigenvalue weighted by molar-refractivity contribution is 0.111. The van der Waals surface area contributed by atoms with E-state index < -0.39 is 11.3 Å². The van der Waals surface area contributed by atoms with Crippen LogP contribution in [0.5, 0.6) is 0 Å². The Kier molecular flexibility index (Phi) is 4.44. The maximum atomic E-state index is 5.92. The molecule has 0 aromatic heterocycles. The molecule has 2 atom stereocenters. The highest BCUT2D eigenvalue weighted by atomic mass is 15.2. The normalized spacial score (nSPS) is 18.0. The fraction of sp³-hybridized carbons (Fsp3) is 1.00. The SMILES string of the molecule is CC(CN)C(N)(N)C(N)(N)C(C)CN. The highest BCUT2D eigenvalue weighted by molar-refractivity contribution is 5.05. The summed E-state index contributed by atoms with van der Waals surface area (Å²) in [6.07, 6.45) is 0. The summed E-state index contributed by atoms with van der Waals surface area (Å²) in [5.41, 5.74) is 32.2. The van der Waals surface area contributed by atoms with E-state index in [0.29, 0.717) is 13.1 Å². The van der Waals surface area contributed by atoms with Gasteiger partial charge in [0.1, 0.15) is 0 Å². The van der Waals surface area contributed by atoms with E-state index in [1.165, 1.54) is 0 Å². The van der Waals surface area contributed by atoms with Gasteiger partial charge in [0.2, 0.25) is 0 Å². The molecule has 0 bridgehead atoms. The van der Waals surface area contributed by atoms with Crippen LogP contribution in [-0.2, 0) is 0 Å². The lowest BCUT2D eigenvalue weighted by Gasteiger charge is -2.47. The molecule has 0 aromatic rings. The number of hydrogen-bond donors (Lipinski definition) is 6. The number of nitrogens with two attached hydrogens (primary N) is 6. The third kappa shape index (κ3) is 2.22. The van der Waals surface area contributed by atoms with Crippen molar-refractivity contribution in [3.63, 3.8) is 0 Å². The van der Waals surface area contributed by atoms with Gasteiger partial charge >= 0.3 is 0 Å². The minimum Gasteiger partial charge on any atom is -0.330 e. The molecule has 0 radical (unpaired) electrons. The van der Waals surface area contributed by atoms with Gasteiger partial charge in [0, 0.05) is 11.8 Å². The lowest BCUT2D eigenvalue weighted by atomic mass is 9.77. The van der Waals surface area contributed by atoms with Crippen molar-refractivity contribution in [1.29, 1.82) is 0 Å². The highest BCUT2D eigenvalue weighted by Crippen LogP contribution is 2.22. The van der Waals surface area contributed by atoms with Crippen LogP contribution in [0.15, 0.2) is 0 Å². The van der Waals surface area contributed by atoms with Gasteiger partial charge in [0.05, 0.1) is 11.3 Å². The second-order valence-corrected chi connectivity index (χ2v) is 4.14.